The second-order valence-corrected chi connectivity index (χ2v) is 6.01. The Morgan fingerprint density at radius 3 is 2.46 bits per heavy atom. The second kappa shape index (κ2) is 9.12. The molecular weight excluding hydrogens is 485 g/mol. The van der Waals surface area contributed by atoms with Crippen LogP contribution in [0.5, 0.6) is 11.5 Å². The van der Waals surface area contributed by atoms with E-state index in [0.29, 0.717) is 19.9 Å². The van der Waals surface area contributed by atoms with Gasteiger partial charge in [-0.1, -0.05) is 34.1 Å². The number of halogens is 2. The van der Waals surface area contributed by atoms with Crippen molar-refractivity contribution in [2.45, 2.75) is 13.1 Å². The molecule has 0 radical (unpaired) electrons. The maximum absolute atomic E-state index is 5.39. The van der Waals surface area contributed by atoms with Crippen molar-refractivity contribution in [1.29, 1.82) is 0 Å². The van der Waals surface area contributed by atoms with Crippen molar-refractivity contribution < 1.29 is 9.47 Å². The molecule has 5 nitrogen and oxygen atoms in total. The molecule has 1 aliphatic rings. The van der Waals surface area contributed by atoms with E-state index in [1.54, 1.807) is 7.05 Å². The van der Waals surface area contributed by atoms with Gasteiger partial charge in [0.2, 0.25) is 6.79 Å². The lowest BCUT2D eigenvalue weighted by atomic mass is 10.2. The summed E-state index contributed by atoms with van der Waals surface area (Å²) in [5.74, 6) is 2.34. The third kappa shape index (κ3) is 5.01. The summed E-state index contributed by atoms with van der Waals surface area (Å²) in [7, 11) is 1.76. The molecule has 7 heteroatoms. The molecule has 0 aliphatic carbocycles. The summed E-state index contributed by atoms with van der Waals surface area (Å²) in [6, 6.07) is 14.1. The van der Waals surface area contributed by atoms with Gasteiger partial charge in [0.1, 0.15) is 0 Å². The molecule has 0 unspecified atom stereocenters. The van der Waals surface area contributed by atoms with Crippen LogP contribution in [0.2, 0.25) is 0 Å². The first kappa shape index (κ1) is 18.9. The van der Waals surface area contributed by atoms with E-state index in [1.807, 2.05) is 30.3 Å². The van der Waals surface area contributed by atoms with E-state index in [2.05, 4.69) is 43.7 Å². The molecule has 2 N–H and O–H groups in total. The quantitative estimate of drug-likeness (QED) is 0.380. The zero-order valence-electron chi connectivity index (χ0n) is 13.2. The molecule has 0 bridgehead atoms. The number of nitrogens with one attached hydrogen (secondary N) is 2. The van der Waals surface area contributed by atoms with Gasteiger partial charge in [0, 0.05) is 24.6 Å². The van der Waals surface area contributed by atoms with E-state index >= 15 is 0 Å². The number of aliphatic imine (C=N–C) groups is 1. The van der Waals surface area contributed by atoms with Crippen molar-refractivity contribution >= 4 is 45.9 Å². The van der Waals surface area contributed by atoms with Crippen LogP contribution in [0.3, 0.4) is 0 Å². The van der Waals surface area contributed by atoms with Crippen LogP contribution in [0, 0.1) is 0 Å². The monoisotopic (exact) mass is 503 g/mol. The summed E-state index contributed by atoms with van der Waals surface area (Å²) in [4.78, 5) is 4.24. The van der Waals surface area contributed by atoms with E-state index in [-0.39, 0.29) is 24.0 Å². The third-order valence-corrected chi connectivity index (χ3v) is 3.96. The van der Waals surface area contributed by atoms with Gasteiger partial charge >= 0.3 is 0 Å². The Morgan fingerprint density at radius 1 is 1.04 bits per heavy atom. The fourth-order valence-electron chi connectivity index (χ4n) is 2.29. The largest absolute Gasteiger partial charge is 0.454 e. The van der Waals surface area contributed by atoms with Crippen LogP contribution in [0.15, 0.2) is 51.9 Å². The Labute approximate surface area is 167 Å². The summed E-state index contributed by atoms with van der Waals surface area (Å²) in [5.41, 5.74) is 2.30. The zero-order chi connectivity index (χ0) is 16.1. The molecule has 0 aromatic heterocycles. The first-order valence-electron chi connectivity index (χ1n) is 7.32. The van der Waals surface area contributed by atoms with Crippen molar-refractivity contribution in [3.63, 3.8) is 0 Å². The van der Waals surface area contributed by atoms with Gasteiger partial charge in [0.15, 0.2) is 17.5 Å². The lowest BCUT2D eigenvalue weighted by Crippen LogP contribution is -2.36. The van der Waals surface area contributed by atoms with Crippen molar-refractivity contribution in [2.24, 2.45) is 4.99 Å². The highest BCUT2D eigenvalue weighted by Gasteiger charge is 2.13. The van der Waals surface area contributed by atoms with E-state index < -0.39 is 0 Å². The van der Waals surface area contributed by atoms with Crippen LogP contribution in [-0.4, -0.2) is 19.8 Å². The molecule has 2 aromatic rings. The Balaban J connectivity index is 0.00000208. The average molecular weight is 504 g/mol. The van der Waals surface area contributed by atoms with Crippen LogP contribution < -0.4 is 20.1 Å². The SMILES string of the molecule is CN=C(NCc1cccc(Br)c1)NCc1ccc2c(c1)OCO2.I. The van der Waals surface area contributed by atoms with Gasteiger partial charge in [-0.15, -0.1) is 24.0 Å². The van der Waals surface area contributed by atoms with Crippen LogP contribution in [0.4, 0.5) is 0 Å². The van der Waals surface area contributed by atoms with E-state index in [9.17, 15) is 0 Å². The van der Waals surface area contributed by atoms with Gasteiger partial charge in [-0.25, -0.2) is 0 Å². The molecule has 1 aliphatic heterocycles. The molecule has 0 atom stereocenters. The Morgan fingerprint density at radius 2 is 1.75 bits per heavy atom. The summed E-state index contributed by atoms with van der Waals surface area (Å²) in [5, 5.41) is 6.59. The smallest absolute Gasteiger partial charge is 0.231 e. The van der Waals surface area contributed by atoms with Gasteiger partial charge in [0.25, 0.3) is 0 Å². The predicted octanol–water partition coefficient (Wildman–Crippen LogP) is 3.66. The minimum atomic E-state index is 0. The fraction of sp³-hybridized carbons (Fsp3) is 0.235. The van der Waals surface area contributed by atoms with Crippen LogP contribution in [-0.2, 0) is 13.1 Å². The number of nitrogens with zero attached hydrogens (tertiary/aromatic N) is 1. The second-order valence-electron chi connectivity index (χ2n) is 5.10. The van der Waals surface area contributed by atoms with E-state index in [0.717, 1.165) is 27.5 Å². The molecule has 2 aromatic carbocycles. The molecule has 0 fully saturated rings. The summed E-state index contributed by atoms with van der Waals surface area (Å²) in [6.07, 6.45) is 0. The Kier molecular flexibility index (Phi) is 7.16. The maximum atomic E-state index is 5.39. The van der Waals surface area contributed by atoms with Gasteiger partial charge < -0.3 is 20.1 Å². The van der Waals surface area contributed by atoms with E-state index in [4.69, 9.17) is 9.47 Å². The zero-order valence-corrected chi connectivity index (χ0v) is 17.1. The highest BCUT2D eigenvalue weighted by atomic mass is 127. The molecule has 3 rings (SSSR count). The molecule has 128 valence electrons. The van der Waals surface area contributed by atoms with Gasteiger partial charge in [0.05, 0.1) is 0 Å². The summed E-state index contributed by atoms with van der Waals surface area (Å²) >= 11 is 3.48. The molecule has 0 amide bonds. The predicted molar refractivity (Wildman–Crippen MR) is 109 cm³/mol. The molecule has 0 saturated carbocycles. The third-order valence-electron chi connectivity index (χ3n) is 3.47. The first-order valence-corrected chi connectivity index (χ1v) is 8.11. The van der Waals surface area contributed by atoms with Crippen molar-refractivity contribution in [2.75, 3.05) is 13.8 Å². The van der Waals surface area contributed by atoms with Crippen LogP contribution >= 0.6 is 39.9 Å². The standard InChI is InChI=1S/C17H18BrN3O2.HI/c1-19-17(20-9-12-3-2-4-14(18)7-12)21-10-13-5-6-15-16(8-13)23-11-22-15;/h2-8H,9-11H2,1H3,(H2,19,20,21);1H. The topological polar surface area (TPSA) is 54.9 Å². The molecule has 0 saturated heterocycles. The van der Waals surface area contributed by atoms with Crippen molar-refractivity contribution in [3.8, 4) is 11.5 Å². The molecule has 24 heavy (non-hydrogen) atoms. The molecule has 0 spiro atoms. The maximum Gasteiger partial charge on any atom is 0.231 e. The van der Waals surface area contributed by atoms with Crippen LogP contribution in [0.1, 0.15) is 11.1 Å². The van der Waals surface area contributed by atoms with Gasteiger partial charge in [-0.3, -0.25) is 4.99 Å². The van der Waals surface area contributed by atoms with Gasteiger partial charge in [-0.2, -0.15) is 0 Å². The Bertz CT molecular complexity index is 725. The minimum absolute atomic E-state index is 0. The number of hydrogen-bond acceptors (Lipinski definition) is 3. The number of rotatable bonds is 4. The number of hydrogen-bond donors (Lipinski definition) is 2. The molecule has 1 heterocycles. The summed E-state index contributed by atoms with van der Waals surface area (Å²) in [6.45, 7) is 1.66. The number of fused-ring (bicyclic) bond motifs is 1. The number of ether oxygens (including phenoxy) is 2. The minimum Gasteiger partial charge on any atom is -0.454 e. The summed E-state index contributed by atoms with van der Waals surface area (Å²) < 4.78 is 11.8. The highest BCUT2D eigenvalue weighted by Crippen LogP contribution is 2.32. The lowest BCUT2D eigenvalue weighted by Gasteiger charge is -2.12. The normalized spacial score (nSPS) is 12.5. The number of guanidine groups is 1. The fourth-order valence-corrected chi connectivity index (χ4v) is 2.74. The van der Waals surface area contributed by atoms with Crippen molar-refractivity contribution in [1.82, 2.24) is 10.6 Å². The molecular formula is C17H19BrIN3O2. The first-order chi connectivity index (χ1) is 11.2. The lowest BCUT2D eigenvalue weighted by molar-refractivity contribution is 0.174. The van der Waals surface area contributed by atoms with Gasteiger partial charge in [-0.05, 0) is 35.4 Å². The highest BCUT2D eigenvalue weighted by molar-refractivity contribution is 14.0. The number of benzene rings is 2. The van der Waals surface area contributed by atoms with Crippen LogP contribution in [0.25, 0.3) is 0 Å². The Hall–Kier alpha value is -1.48. The van der Waals surface area contributed by atoms with Crippen molar-refractivity contribution in [3.05, 3.63) is 58.1 Å². The average Bonchev–Trinajstić information content (AvgIpc) is 3.03. The van der Waals surface area contributed by atoms with E-state index in [1.165, 1.54) is 5.56 Å².